The number of hydrogen-bond donors (Lipinski definition) is 4. The third kappa shape index (κ3) is 8.87. The van der Waals surface area contributed by atoms with Crippen LogP contribution in [0.4, 0.5) is 9.59 Å². The van der Waals surface area contributed by atoms with Crippen molar-refractivity contribution in [2.75, 3.05) is 34.4 Å². The molecule has 2 fully saturated rings. The van der Waals surface area contributed by atoms with E-state index >= 15 is 0 Å². The number of nitrogens with zero attached hydrogens (tertiary/aromatic N) is 4. The van der Waals surface area contributed by atoms with Crippen LogP contribution in [-0.2, 0) is 23.8 Å². The van der Waals surface area contributed by atoms with Gasteiger partial charge in [0, 0.05) is 24.2 Å². The van der Waals surface area contributed by atoms with Crippen LogP contribution in [0, 0.1) is 11.8 Å². The van der Waals surface area contributed by atoms with Crippen molar-refractivity contribution in [2.24, 2.45) is 11.8 Å². The van der Waals surface area contributed by atoms with Crippen molar-refractivity contribution in [2.45, 2.75) is 77.5 Å². The average Bonchev–Trinajstić information content (AvgIpc) is 4.13. The summed E-state index contributed by atoms with van der Waals surface area (Å²) in [5.41, 5.74) is 2.50. The quantitative estimate of drug-likeness (QED) is 0.0822. The Hall–Kier alpha value is -6.98. The summed E-state index contributed by atoms with van der Waals surface area (Å²) in [6.45, 7) is 8.44. The van der Waals surface area contributed by atoms with Crippen LogP contribution in [-0.4, -0.2) is 106 Å². The van der Waals surface area contributed by atoms with Gasteiger partial charge in [-0.15, -0.1) is 0 Å². The van der Waals surface area contributed by atoms with Gasteiger partial charge in [-0.1, -0.05) is 52.0 Å². The van der Waals surface area contributed by atoms with E-state index in [1.165, 1.54) is 21.3 Å². The summed E-state index contributed by atoms with van der Waals surface area (Å²) in [6.07, 6.45) is 4.84. The molecule has 0 saturated carbocycles. The molecule has 4 N–H and O–H groups in total. The summed E-state index contributed by atoms with van der Waals surface area (Å²) in [6, 6.07) is 9.92. The molecule has 2 aliphatic heterocycles. The second kappa shape index (κ2) is 18.6. The van der Waals surface area contributed by atoms with Crippen molar-refractivity contribution in [1.82, 2.24) is 40.4 Å². The summed E-state index contributed by atoms with van der Waals surface area (Å²) < 4.78 is 20.9. The average molecular weight is 865 g/mol. The Bertz CT molecular complexity index is 2580. The molecular formula is C45H52N8O10. The molecule has 0 unspecified atom stereocenters. The van der Waals surface area contributed by atoms with E-state index < -0.39 is 35.7 Å². The van der Waals surface area contributed by atoms with E-state index in [4.69, 9.17) is 18.6 Å². The number of rotatable bonds is 12. The molecule has 4 amide bonds. The van der Waals surface area contributed by atoms with Crippen molar-refractivity contribution < 1.29 is 42.6 Å². The van der Waals surface area contributed by atoms with Crippen LogP contribution < -0.4 is 16.1 Å². The van der Waals surface area contributed by atoms with Crippen LogP contribution in [0.25, 0.3) is 44.8 Å². The molecule has 4 atom stereocenters. The van der Waals surface area contributed by atoms with E-state index in [0.717, 1.165) is 18.4 Å². The molecule has 2 aromatic carbocycles. The highest BCUT2D eigenvalue weighted by molar-refractivity contribution is 5.99. The Morgan fingerprint density at radius 2 is 1.17 bits per heavy atom. The second-order valence-electron chi connectivity index (χ2n) is 16.4. The normalized spacial score (nSPS) is 17.2. The van der Waals surface area contributed by atoms with Gasteiger partial charge in [0.1, 0.15) is 29.3 Å². The van der Waals surface area contributed by atoms with Crippen LogP contribution in [0.5, 0.6) is 0 Å². The lowest BCUT2D eigenvalue weighted by Gasteiger charge is -2.30. The number of ether oxygens (including phenoxy) is 3. The maximum absolute atomic E-state index is 14.2. The third-order valence-electron chi connectivity index (χ3n) is 11.7. The molecule has 5 aromatic rings. The van der Waals surface area contributed by atoms with Gasteiger partial charge in [0.05, 0.1) is 62.6 Å². The van der Waals surface area contributed by atoms with Crippen molar-refractivity contribution >= 4 is 40.9 Å². The molecule has 63 heavy (non-hydrogen) atoms. The van der Waals surface area contributed by atoms with Gasteiger partial charge in [-0.3, -0.25) is 14.4 Å². The molecule has 18 heteroatoms. The molecule has 332 valence electrons. The first-order chi connectivity index (χ1) is 30.2. The Morgan fingerprint density at radius 3 is 1.65 bits per heavy atom. The summed E-state index contributed by atoms with van der Waals surface area (Å²) in [7, 11) is 3.70. The standard InChI is InChI=1S/C45H52N8O10/c1-23(2)35(50-44(58)61-6)41(55)52-18-8-10-31(52)39-46-21-29(48-39)25-12-14-26(15-13-25)38-34(43(57)60-5)37(54)28-20-27(16-17-33(28)63-38)30-22-47-40(49-30)32-11-9-19-53(32)42(56)36(24(3)4)51-45(59)62-7/h12-17,20-24,31-32,35-36H,8-11,18-19H2,1-7H3,(H,46,48)(H,47,49)(H,50,58)(H,51,59)/t31-,32-,35-,36-/m0/s1. The zero-order chi connectivity index (χ0) is 45.1. The van der Waals surface area contributed by atoms with Crippen molar-refractivity contribution in [3.8, 4) is 33.8 Å². The highest BCUT2D eigenvalue weighted by Crippen LogP contribution is 2.36. The van der Waals surface area contributed by atoms with Gasteiger partial charge in [-0.25, -0.2) is 24.4 Å². The summed E-state index contributed by atoms with van der Waals surface area (Å²) in [4.78, 5) is 98.0. The lowest BCUT2D eigenvalue weighted by atomic mass is 10.0. The Balaban J connectivity index is 1.12. The monoisotopic (exact) mass is 864 g/mol. The molecule has 2 saturated heterocycles. The van der Waals surface area contributed by atoms with Gasteiger partial charge >= 0.3 is 18.2 Å². The fourth-order valence-electron chi connectivity index (χ4n) is 8.35. The molecule has 18 nitrogen and oxygen atoms in total. The Kier molecular flexibility index (Phi) is 13.0. The third-order valence-corrected chi connectivity index (χ3v) is 11.7. The van der Waals surface area contributed by atoms with Crippen LogP contribution in [0.2, 0.25) is 0 Å². The number of hydrogen-bond acceptors (Lipinski definition) is 12. The number of alkyl carbamates (subject to hydrolysis) is 2. The minimum atomic E-state index is -0.860. The number of likely N-dealkylation sites (tertiary alicyclic amines) is 2. The van der Waals surface area contributed by atoms with Crippen molar-refractivity contribution in [1.29, 1.82) is 0 Å². The van der Waals surface area contributed by atoms with E-state index in [-0.39, 0.29) is 58.0 Å². The number of methoxy groups -OCH3 is 3. The molecule has 0 radical (unpaired) electrons. The number of nitrogens with one attached hydrogen (secondary N) is 4. The smallest absolute Gasteiger partial charge is 0.407 e. The van der Waals surface area contributed by atoms with Crippen LogP contribution in [0.15, 0.2) is 64.1 Å². The molecule has 3 aromatic heterocycles. The Labute approximate surface area is 363 Å². The Morgan fingerprint density at radius 1 is 0.698 bits per heavy atom. The summed E-state index contributed by atoms with van der Waals surface area (Å²) >= 11 is 0. The molecular weight excluding hydrogens is 813 g/mol. The van der Waals surface area contributed by atoms with E-state index in [1.54, 1.807) is 64.7 Å². The number of carbonyl (C=O) groups excluding carboxylic acids is 5. The largest absolute Gasteiger partial charge is 0.465 e. The van der Waals surface area contributed by atoms with Gasteiger partial charge in [0.15, 0.2) is 11.3 Å². The van der Waals surface area contributed by atoms with Gasteiger partial charge < -0.3 is 49.0 Å². The fourth-order valence-corrected chi connectivity index (χ4v) is 8.35. The summed E-state index contributed by atoms with van der Waals surface area (Å²) in [5, 5.41) is 5.47. The zero-order valence-electron chi connectivity index (χ0n) is 36.3. The zero-order valence-corrected chi connectivity index (χ0v) is 36.3. The second-order valence-corrected chi connectivity index (χ2v) is 16.4. The first kappa shape index (κ1) is 44.1. The maximum atomic E-state index is 14.2. The minimum Gasteiger partial charge on any atom is -0.465 e. The molecule has 0 aliphatic carbocycles. The molecule has 0 bridgehead atoms. The number of benzene rings is 2. The lowest BCUT2D eigenvalue weighted by molar-refractivity contribution is -0.136. The van der Waals surface area contributed by atoms with Crippen LogP contribution in [0.1, 0.15) is 87.5 Å². The topological polar surface area (TPSA) is 231 Å². The van der Waals surface area contributed by atoms with E-state index in [0.29, 0.717) is 60.1 Å². The molecule has 5 heterocycles. The van der Waals surface area contributed by atoms with Gasteiger partial charge in [-0.2, -0.15) is 0 Å². The predicted molar refractivity (Wildman–Crippen MR) is 230 cm³/mol. The van der Waals surface area contributed by atoms with Crippen molar-refractivity contribution in [3.63, 3.8) is 0 Å². The van der Waals surface area contributed by atoms with Crippen LogP contribution in [0.3, 0.4) is 0 Å². The number of amides is 4. The SMILES string of the molecule is COC(=O)N[C@H](C(=O)N1CCC[C@H]1c1ncc(-c2ccc(-c3oc4ccc(-c5cnc([C@@H]6CCCN6C(=O)[C@@H](NC(=O)OC)C(C)C)[nH]5)cc4c(=O)c3C(=O)OC)cc2)[nH]1)C(C)C. The number of esters is 1. The number of fused-ring (bicyclic) bond motifs is 1. The fraction of sp³-hybridized carbons (Fsp3) is 0.422. The predicted octanol–water partition coefficient (Wildman–Crippen LogP) is 6.12. The maximum Gasteiger partial charge on any atom is 0.407 e. The lowest BCUT2D eigenvalue weighted by Crippen LogP contribution is -2.51. The number of aromatic amines is 2. The highest BCUT2D eigenvalue weighted by Gasteiger charge is 2.39. The van der Waals surface area contributed by atoms with Crippen molar-refractivity contribution in [3.05, 3.63) is 82.3 Å². The van der Waals surface area contributed by atoms with E-state index in [9.17, 15) is 28.8 Å². The van der Waals surface area contributed by atoms with Gasteiger partial charge in [0.25, 0.3) is 0 Å². The number of carbonyl (C=O) groups is 5. The summed E-state index contributed by atoms with van der Waals surface area (Å²) in [5.74, 6) is -0.435. The van der Waals surface area contributed by atoms with Gasteiger partial charge in [-0.05, 0) is 61.3 Å². The minimum absolute atomic E-state index is 0.0422. The van der Waals surface area contributed by atoms with E-state index in [1.807, 2.05) is 27.7 Å². The first-order valence-corrected chi connectivity index (χ1v) is 20.9. The number of H-pyrrole nitrogens is 2. The number of imidazole rings is 2. The van der Waals surface area contributed by atoms with E-state index in [2.05, 4.69) is 30.6 Å². The first-order valence-electron chi connectivity index (χ1n) is 20.9. The van der Waals surface area contributed by atoms with Gasteiger partial charge in [0.2, 0.25) is 17.2 Å². The van der Waals surface area contributed by atoms with Crippen LogP contribution >= 0.6 is 0 Å². The number of aromatic nitrogens is 4. The molecule has 7 rings (SSSR count). The molecule has 2 aliphatic rings. The molecule has 0 spiro atoms. The highest BCUT2D eigenvalue weighted by atomic mass is 16.5.